The maximum absolute atomic E-state index is 14.3. The van der Waals surface area contributed by atoms with Crippen LogP contribution in [0.3, 0.4) is 0 Å². The largest absolute Gasteiger partial charge is 0.508 e. The molecule has 200 valence electrons. The summed E-state index contributed by atoms with van der Waals surface area (Å²) in [5.41, 5.74) is 15.5. The predicted octanol–water partition coefficient (Wildman–Crippen LogP) is 4.06. The maximum atomic E-state index is 14.3. The lowest BCUT2D eigenvalue weighted by Gasteiger charge is -2.13. The van der Waals surface area contributed by atoms with Gasteiger partial charge in [0.2, 0.25) is 0 Å². The number of aromatic hydroxyl groups is 2. The van der Waals surface area contributed by atoms with Gasteiger partial charge in [-0.3, -0.25) is 20.0 Å². The van der Waals surface area contributed by atoms with Gasteiger partial charge in [0.05, 0.1) is 24.5 Å². The smallest absolute Gasteiger partial charge is 0.329 e. The van der Waals surface area contributed by atoms with Gasteiger partial charge >= 0.3 is 5.69 Å². The van der Waals surface area contributed by atoms with Crippen molar-refractivity contribution in [1.82, 2.24) is 9.13 Å². The van der Waals surface area contributed by atoms with E-state index in [4.69, 9.17) is 22.3 Å². The molecule has 9 nitrogen and oxygen atoms in total. The van der Waals surface area contributed by atoms with E-state index in [9.17, 15) is 15.0 Å². The summed E-state index contributed by atoms with van der Waals surface area (Å²) in [5.74, 6) is -0.367. The van der Waals surface area contributed by atoms with Crippen LogP contribution in [0.15, 0.2) is 102 Å². The van der Waals surface area contributed by atoms with Crippen LogP contribution >= 0.6 is 0 Å². The first-order valence-corrected chi connectivity index (χ1v) is 12.5. The summed E-state index contributed by atoms with van der Waals surface area (Å²) in [7, 11) is 0. The van der Waals surface area contributed by atoms with Crippen LogP contribution in [0.4, 0.5) is 0 Å². The number of nitrogens with one attached hydrogen (secondary N) is 2. The summed E-state index contributed by atoms with van der Waals surface area (Å²) in [6.07, 6.45) is 0. The van der Waals surface area contributed by atoms with Crippen molar-refractivity contribution >= 4 is 11.7 Å². The van der Waals surface area contributed by atoms with Crippen LogP contribution in [0.5, 0.6) is 11.5 Å². The molecule has 1 heterocycles. The fourth-order valence-electron chi connectivity index (χ4n) is 4.76. The van der Waals surface area contributed by atoms with Gasteiger partial charge in [-0.25, -0.2) is 4.79 Å². The molecule has 0 saturated carbocycles. The normalized spacial score (nSPS) is 10.9. The van der Waals surface area contributed by atoms with E-state index in [2.05, 4.69) is 0 Å². The van der Waals surface area contributed by atoms with Gasteiger partial charge in [-0.15, -0.1) is 0 Å². The zero-order chi connectivity index (χ0) is 28.4. The van der Waals surface area contributed by atoms with Crippen molar-refractivity contribution in [2.45, 2.75) is 13.1 Å². The monoisotopic (exact) mass is 532 g/mol. The Hall–Kier alpha value is -5.57. The number of nitrogens with two attached hydrogens (primary N) is 2. The Morgan fingerprint density at radius 3 is 1.35 bits per heavy atom. The van der Waals surface area contributed by atoms with Crippen LogP contribution in [0.25, 0.3) is 22.5 Å². The second-order valence-electron chi connectivity index (χ2n) is 9.40. The van der Waals surface area contributed by atoms with E-state index in [0.29, 0.717) is 33.6 Å². The van der Waals surface area contributed by atoms with Gasteiger partial charge in [-0.05, 0) is 36.4 Å². The van der Waals surface area contributed by atoms with Crippen molar-refractivity contribution in [2.75, 3.05) is 0 Å². The Morgan fingerprint density at radius 2 is 1.00 bits per heavy atom. The van der Waals surface area contributed by atoms with E-state index in [1.54, 1.807) is 33.4 Å². The highest BCUT2D eigenvalue weighted by Gasteiger charge is 2.24. The third-order valence-electron chi connectivity index (χ3n) is 6.76. The Kier molecular flexibility index (Phi) is 6.94. The van der Waals surface area contributed by atoms with E-state index in [1.165, 1.54) is 12.1 Å². The summed E-state index contributed by atoms with van der Waals surface area (Å²) < 4.78 is 3.14. The Balaban J connectivity index is 1.80. The molecular formula is C31H28N6O3. The molecule has 0 amide bonds. The molecule has 0 atom stereocenters. The number of hydrogen-bond donors (Lipinski definition) is 6. The fraction of sp³-hybridized carbons (Fsp3) is 0.0645. The zero-order valence-electron chi connectivity index (χ0n) is 21.5. The van der Waals surface area contributed by atoms with Crippen molar-refractivity contribution in [3.63, 3.8) is 0 Å². The highest BCUT2D eigenvalue weighted by Crippen LogP contribution is 2.34. The lowest BCUT2D eigenvalue weighted by atomic mass is 10.0. The first-order valence-electron chi connectivity index (χ1n) is 12.5. The van der Waals surface area contributed by atoms with Crippen molar-refractivity contribution in [1.29, 1.82) is 10.8 Å². The van der Waals surface area contributed by atoms with Crippen molar-refractivity contribution in [3.8, 4) is 34.0 Å². The Labute approximate surface area is 230 Å². The van der Waals surface area contributed by atoms with Gasteiger partial charge in [0.25, 0.3) is 0 Å². The molecule has 1 aromatic heterocycles. The Bertz CT molecular complexity index is 1660. The van der Waals surface area contributed by atoms with Crippen LogP contribution in [0, 0.1) is 10.8 Å². The average molecular weight is 533 g/mol. The third-order valence-corrected chi connectivity index (χ3v) is 6.76. The molecule has 0 aliphatic heterocycles. The second-order valence-corrected chi connectivity index (χ2v) is 9.40. The summed E-state index contributed by atoms with van der Waals surface area (Å²) in [4.78, 5) is 14.3. The van der Waals surface area contributed by atoms with Crippen LogP contribution in [0.1, 0.15) is 22.3 Å². The number of imidazole rings is 1. The summed E-state index contributed by atoms with van der Waals surface area (Å²) in [6.45, 7) is 0.00459. The first kappa shape index (κ1) is 26.1. The number of rotatable bonds is 8. The minimum absolute atomic E-state index is 0.00230. The summed E-state index contributed by atoms with van der Waals surface area (Å²) in [6, 6.07) is 28.1. The molecular weight excluding hydrogens is 504 g/mol. The lowest BCUT2D eigenvalue weighted by molar-refractivity contribution is 0.464. The molecule has 0 saturated heterocycles. The standard InChI is InChI=1S/C31H28N6O3/c32-29(33)21-11-13-25(38)23(15-21)17-36-27(19-7-3-1-4-8-19)28(20-9-5-2-6-10-20)37(31(36)40)18-24-16-22(30(34)35)12-14-26(24)39/h1-16,38-39H,17-18H2,(H3,32,33)(H3,34,35). The molecule has 4 aromatic carbocycles. The molecule has 5 rings (SSSR count). The molecule has 8 N–H and O–H groups in total. The minimum atomic E-state index is -0.377. The van der Waals surface area contributed by atoms with Crippen molar-refractivity contribution in [2.24, 2.45) is 11.5 Å². The summed E-state index contributed by atoms with van der Waals surface area (Å²) >= 11 is 0. The van der Waals surface area contributed by atoms with Crippen molar-refractivity contribution in [3.05, 3.63) is 130 Å². The number of phenols is 2. The molecule has 0 unspecified atom stereocenters. The van der Waals surface area contributed by atoms with Gasteiger partial charge in [0.1, 0.15) is 23.2 Å². The van der Waals surface area contributed by atoms with E-state index < -0.39 is 0 Å². The van der Waals surface area contributed by atoms with E-state index >= 15 is 0 Å². The van der Waals surface area contributed by atoms with Crippen LogP contribution in [0.2, 0.25) is 0 Å². The van der Waals surface area contributed by atoms with Gasteiger partial charge in [0.15, 0.2) is 0 Å². The van der Waals surface area contributed by atoms with Gasteiger partial charge < -0.3 is 21.7 Å². The topological polar surface area (TPSA) is 167 Å². The fourth-order valence-corrected chi connectivity index (χ4v) is 4.76. The molecule has 0 bridgehead atoms. The Morgan fingerprint density at radius 1 is 0.625 bits per heavy atom. The van der Waals surface area contributed by atoms with Crippen LogP contribution in [-0.4, -0.2) is 31.0 Å². The number of nitrogen functional groups attached to an aromatic ring is 2. The quantitative estimate of drug-likeness (QED) is 0.131. The first-order chi connectivity index (χ1) is 19.2. The van der Waals surface area contributed by atoms with Crippen molar-refractivity contribution < 1.29 is 10.2 Å². The average Bonchev–Trinajstić information content (AvgIpc) is 3.22. The minimum Gasteiger partial charge on any atom is -0.508 e. The lowest BCUT2D eigenvalue weighted by Crippen LogP contribution is -2.26. The molecule has 0 spiro atoms. The SMILES string of the molecule is N=C(N)c1ccc(O)c(Cn2c(-c3ccccc3)c(-c3ccccc3)n(Cc3cc(C(=N)N)ccc3O)c2=O)c1. The predicted molar refractivity (Wildman–Crippen MR) is 156 cm³/mol. The molecule has 40 heavy (non-hydrogen) atoms. The van der Waals surface area contributed by atoms with Gasteiger partial charge in [0, 0.05) is 33.4 Å². The maximum Gasteiger partial charge on any atom is 0.329 e. The van der Waals surface area contributed by atoms with E-state index in [0.717, 1.165) is 11.1 Å². The zero-order valence-corrected chi connectivity index (χ0v) is 21.5. The number of aromatic nitrogens is 2. The molecule has 0 aliphatic rings. The molecule has 9 heteroatoms. The summed E-state index contributed by atoms with van der Waals surface area (Å²) in [5, 5.41) is 37.0. The van der Waals surface area contributed by atoms with Crippen LogP contribution in [-0.2, 0) is 13.1 Å². The third kappa shape index (κ3) is 4.95. The second kappa shape index (κ2) is 10.7. The number of hydrogen-bond acceptors (Lipinski definition) is 5. The molecule has 0 radical (unpaired) electrons. The molecule has 0 aliphatic carbocycles. The number of phenolic OH excluding ortho intramolecular Hbond substituents is 2. The highest BCUT2D eigenvalue weighted by atomic mass is 16.3. The highest BCUT2D eigenvalue weighted by molar-refractivity contribution is 5.95. The number of benzene rings is 4. The van der Waals surface area contributed by atoms with Gasteiger partial charge in [-0.1, -0.05) is 60.7 Å². The van der Waals surface area contributed by atoms with E-state index in [-0.39, 0.29) is 41.9 Å². The molecule has 0 fully saturated rings. The van der Waals surface area contributed by atoms with E-state index in [1.807, 2.05) is 60.7 Å². The molecule has 5 aromatic rings. The van der Waals surface area contributed by atoms with Gasteiger partial charge in [-0.2, -0.15) is 0 Å². The number of nitrogens with zero attached hydrogens (tertiary/aromatic N) is 2. The van der Waals surface area contributed by atoms with Crippen LogP contribution < -0.4 is 17.2 Å². The number of amidine groups is 2.